The van der Waals surface area contributed by atoms with Gasteiger partial charge in [0, 0.05) is 6.54 Å². The average molecular weight is 126 g/mol. The Morgan fingerprint density at radius 1 is 1.67 bits per heavy atom. The Balaban J connectivity index is 2.81. The smallest absolute Gasteiger partial charge is 0.0482 e. The van der Waals surface area contributed by atoms with Crippen LogP contribution in [0.1, 0.15) is 0 Å². The molecular weight excluding hydrogens is 121 g/mol. The van der Waals surface area contributed by atoms with Gasteiger partial charge in [0.2, 0.25) is 0 Å². The molecule has 0 amide bonds. The lowest BCUT2D eigenvalue weighted by atomic mass is 10.7. The van der Waals surface area contributed by atoms with Gasteiger partial charge in [-0.2, -0.15) is 0 Å². The van der Waals surface area contributed by atoms with Crippen LogP contribution < -0.4 is 0 Å². The topological polar surface area (TPSA) is 3.24 Å². The highest BCUT2D eigenvalue weighted by Gasteiger charge is 1.83. The minimum atomic E-state index is 0.503. The fourth-order valence-electron chi connectivity index (χ4n) is 0.0976. The van der Waals surface area contributed by atoms with Gasteiger partial charge in [-0.3, -0.25) is 0 Å². The van der Waals surface area contributed by atoms with E-state index >= 15 is 0 Å². The van der Waals surface area contributed by atoms with Crippen molar-refractivity contribution in [2.24, 2.45) is 0 Å². The molecule has 0 saturated heterocycles. The van der Waals surface area contributed by atoms with Crippen molar-refractivity contribution in [1.82, 2.24) is 3.94 Å². The van der Waals surface area contributed by atoms with E-state index in [9.17, 15) is 0 Å². The molecule has 0 atom stereocenters. The van der Waals surface area contributed by atoms with E-state index in [0.29, 0.717) is 6.54 Å². The Kier molecular flexibility index (Phi) is 3.63. The summed E-state index contributed by atoms with van der Waals surface area (Å²) >= 11 is 10.2. The van der Waals surface area contributed by atoms with Gasteiger partial charge < -0.3 is 0 Å². The Labute approximate surface area is 47.4 Å². The number of hydrogen-bond donors (Lipinski definition) is 0. The van der Waals surface area contributed by atoms with Gasteiger partial charge in [-0.25, -0.2) is 0 Å². The molecule has 6 heavy (non-hydrogen) atoms. The molecule has 0 unspecified atom stereocenters. The van der Waals surface area contributed by atoms with Crippen LogP contribution in [0, 0.1) is 0 Å². The van der Waals surface area contributed by atoms with Gasteiger partial charge in [0.25, 0.3) is 0 Å². The van der Waals surface area contributed by atoms with Crippen LogP contribution in [0.2, 0.25) is 0 Å². The van der Waals surface area contributed by atoms with Crippen molar-refractivity contribution in [3.8, 4) is 0 Å². The van der Waals surface area contributed by atoms with E-state index in [4.69, 9.17) is 23.6 Å². The van der Waals surface area contributed by atoms with Gasteiger partial charge >= 0.3 is 0 Å². The lowest BCUT2D eigenvalue weighted by Crippen LogP contribution is -1.93. The molecule has 0 aromatic carbocycles. The third-order valence-electron chi connectivity index (χ3n) is 0.267. The number of rotatable bonds is 2. The van der Waals surface area contributed by atoms with Crippen molar-refractivity contribution in [1.29, 1.82) is 0 Å². The largest absolute Gasteiger partial charge is 0.128 e. The van der Waals surface area contributed by atoms with Gasteiger partial charge in [0.05, 0.1) is 0 Å². The maximum absolute atomic E-state index is 5.11. The van der Waals surface area contributed by atoms with Crippen LogP contribution in [-0.2, 0) is 0 Å². The van der Waals surface area contributed by atoms with Gasteiger partial charge in [0.1, 0.15) is 0 Å². The van der Waals surface area contributed by atoms with Crippen LogP contribution >= 0.6 is 23.6 Å². The molecule has 0 aliphatic heterocycles. The summed E-state index contributed by atoms with van der Waals surface area (Å²) in [4.78, 5) is 0. The molecule has 0 aliphatic carbocycles. The van der Waals surface area contributed by atoms with E-state index in [1.54, 1.807) is 6.08 Å². The first-order chi connectivity index (χ1) is 2.77. The molecule has 36 valence electrons. The minimum Gasteiger partial charge on any atom is -0.128 e. The fourth-order valence-corrected chi connectivity index (χ4v) is 0.293. The summed E-state index contributed by atoms with van der Waals surface area (Å²) in [5, 5.41) is 0. The standard InChI is InChI=1S/C3H5Cl2N/c1-2-3-6(4)5/h2H,1,3H2. The zero-order valence-corrected chi connectivity index (χ0v) is 4.71. The molecule has 0 fully saturated rings. The molecule has 0 aromatic heterocycles. The second-order valence-corrected chi connectivity index (χ2v) is 1.76. The first kappa shape index (κ1) is 6.28. The van der Waals surface area contributed by atoms with Crippen LogP contribution in [0.25, 0.3) is 0 Å². The quantitative estimate of drug-likeness (QED) is 0.402. The fraction of sp³-hybridized carbons (Fsp3) is 0.333. The van der Waals surface area contributed by atoms with E-state index in [-0.39, 0.29) is 0 Å². The summed E-state index contributed by atoms with van der Waals surface area (Å²) in [6.07, 6.45) is 1.61. The monoisotopic (exact) mass is 125 g/mol. The minimum absolute atomic E-state index is 0.503. The second-order valence-electron chi connectivity index (χ2n) is 0.774. The second kappa shape index (κ2) is 3.47. The van der Waals surface area contributed by atoms with Gasteiger partial charge in [-0.05, 0) is 23.6 Å². The van der Waals surface area contributed by atoms with E-state index in [1.807, 2.05) is 0 Å². The molecule has 0 spiro atoms. The van der Waals surface area contributed by atoms with E-state index in [0.717, 1.165) is 3.94 Å². The normalized spacial score (nSPS) is 9.17. The molecule has 3 heteroatoms. The highest BCUT2D eigenvalue weighted by molar-refractivity contribution is 6.33. The van der Waals surface area contributed by atoms with Crippen LogP contribution in [0.5, 0.6) is 0 Å². The van der Waals surface area contributed by atoms with Crippen LogP contribution in [0.15, 0.2) is 12.7 Å². The van der Waals surface area contributed by atoms with Crippen LogP contribution in [-0.4, -0.2) is 10.5 Å². The predicted molar refractivity (Wildman–Crippen MR) is 28.6 cm³/mol. The van der Waals surface area contributed by atoms with Crippen molar-refractivity contribution >= 4 is 23.6 Å². The van der Waals surface area contributed by atoms with E-state index < -0.39 is 0 Å². The van der Waals surface area contributed by atoms with Crippen molar-refractivity contribution in [3.05, 3.63) is 12.7 Å². The SMILES string of the molecule is C=CCN(Cl)Cl. The molecule has 0 saturated carbocycles. The predicted octanol–water partition coefficient (Wildman–Crippen LogP) is 1.78. The van der Waals surface area contributed by atoms with Gasteiger partial charge in [-0.1, -0.05) is 6.08 Å². The average Bonchev–Trinajstić information content (AvgIpc) is 1.35. The molecular formula is C3H5Cl2N. The van der Waals surface area contributed by atoms with E-state index in [2.05, 4.69) is 6.58 Å². The Hall–Kier alpha value is 0.280. The number of nitrogens with zero attached hydrogens (tertiary/aromatic N) is 1. The van der Waals surface area contributed by atoms with Crippen LogP contribution in [0.3, 0.4) is 0 Å². The third-order valence-corrected chi connectivity index (χ3v) is 0.543. The highest BCUT2D eigenvalue weighted by atomic mass is 35.5. The van der Waals surface area contributed by atoms with Crippen molar-refractivity contribution in [3.63, 3.8) is 0 Å². The van der Waals surface area contributed by atoms with Crippen molar-refractivity contribution in [2.45, 2.75) is 0 Å². The Morgan fingerprint density at radius 3 is 2.17 bits per heavy atom. The van der Waals surface area contributed by atoms with Gasteiger partial charge in [0.15, 0.2) is 0 Å². The van der Waals surface area contributed by atoms with Crippen LogP contribution in [0.4, 0.5) is 0 Å². The lowest BCUT2D eigenvalue weighted by Gasteiger charge is -1.92. The molecule has 0 radical (unpaired) electrons. The van der Waals surface area contributed by atoms with Crippen molar-refractivity contribution < 1.29 is 0 Å². The highest BCUT2D eigenvalue weighted by Crippen LogP contribution is 1.95. The summed E-state index contributed by atoms with van der Waals surface area (Å²) in [6.45, 7) is 3.89. The lowest BCUT2D eigenvalue weighted by molar-refractivity contribution is 0.801. The number of halogens is 2. The van der Waals surface area contributed by atoms with E-state index in [1.165, 1.54) is 0 Å². The first-order valence-electron chi connectivity index (χ1n) is 1.47. The van der Waals surface area contributed by atoms with Crippen molar-refractivity contribution in [2.75, 3.05) is 6.54 Å². The zero-order valence-electron chi connectivity index (χ0n) is 3.19. The maximum Gasteiger partial charge on any atom is 0.0482 e. The summed E-state index contributed by atoms with van der Waals surface area (Å²) < 4.78 is 1.01. The third kappa shape index (κ3) is 4.28. The molecule has 1 nitrogen and oxygen atoms in total. The summed E-state index contributed by atoms with van der Waals surface area (Å²) in [7, 11) is 0. The molecule has 0 N–H and O–H groups in total. The summed E-state index contributed by atoms with van der Waals surface area (Å²) in [5.41, 5.74) is 0. The zero-order chi connectivity index (χ0) is 4.99. The molecule has 0 heterocycles. The molecule has 0 aromatic rings. The number of hydrogen-bond acceptors (Lipinski definition) is 1. The Morgan fingerprint density at radius 2 is 2.17 bits per heavy atom. The molecule has 0 bridgehead atoms. The Bertz CT molecular complexity index is 44.1. The summed E-state index contributed by atoms with van der Waals surface area (Å²) in [6, 6.07) is 0. The van der Waals surface area contributed by atoms with Gasteiger partial charge in [-0.15, -0.1) is 10.5 Å². The maximum atomic E-state index is 5.11. The summed E-state index contributed by atoms with van der Waals surface area (Å²) in [5.74, 6) is 0. The first-order valence-corrected chi connectivity index (χ1v) is 2.15. The molecule has 0 aliphatic rings. The molecule has 0 rings (SSSR count).